The number of nitrogens with zero attached hydrogens (tertiary/aromatic N) is 2. The molecular weight excluding hydrogens is 426 g/mol. The summed E-state index contributed by atoms with van der Waals surface area (Å²) in [6.07, 6.45) is 1.34. The summed E-state index contributed by atoms with van der Waals surface area (Å²) in [7, 11) is -0.528. The number of amides is 1. The van der Waals surface area contributed by atoms with Crippen molar-refractivity contribution in [3.63, 3.8) is 0 Å². The van der Waals surface area contributed by atoms with Crippen molar-refractivity contribution in [3.05, 3.63) is 52.1 Å². The lowest BCUT2D eigenvalue weighted by Crippen LogP contribution is -2.46. The van der Waals surface area contributed by atoms with Gasteiger partial charge in [-0.3, -0.25) is 13.9 Å². The fourth-order valence-corrected chi connectivity index (χ4v) is 5.36. The lowest BCUT2D eigenvalue weighted by Gasteiger charge is -2.30. The van der Waals surface area contributed by atoms with Gasteiger partial charge in [-0.05, 0) is 48.9 Å². The molecule has 0 saturated carbocycles. The molecule has 1 N–H and O–H groups in total. The van der Waals surface area contributed by atoms with E-state index in [0.717, 1.165) is 32.1 Å². The zero-order valence-electron chi connectivity index (χ0n) is 17.1. The number of hydrogen-bond donors (Lipinski definition) is 1. The van der Waals surface area contributed by atoms with Crippen molar-refractivity contribution < 1.29 is 17.9 Å². The molecule has 0 radical (unpaired) electrons. The van der Waals surface area contributed by atoms with Gasteiger partial charge in [0.25, 0.3) is 0 Å². The molecule has 1 atom stereocenters. The number of thiazole rings is 1. The predicted molar refractivity (Wildman–Crippen MR) is 120 cm³/mol. The minimum Gasteiger partial charge on any atom is -0.497 e. The van der Waals surface area contributed by atoms with E-state index in [0.29, 0.717) is 17.1 Å². The van der Waals surface area contributed by atoms with Crippen LogP contribution in [0, 0.1) is 0 Å². The number of benzene rings is 2. The Labute approximate surface area is 178 Å². The highest BCUT2D eigenvalue weighted by atomic mass is 32.2. The van der Waals surface area contributed by atoms with Gasteiger partial charge >= 0.3 is 4.87 Å². The summed E-state index contributed by atoms with van der Waals surface area (Å²) >= 11 is 1.08. The maximum atomic E-state index is 13.0. The molecule has 8 nitrogen and oxygen atoms in total. The van der Waals surface area contributed by atoms with Gasteiger partial charge < -0.3 is 14.6 Å². The highest BCUT2D eigenvalue weighted by molar-refractivity contribution is 7.92. The molecule has 0 spiro atoms. The van der Waals surface area contributed by atoms with E-state index in [-0.39, 0.29) is 11.3 Å². The monoisotopic (exact) mass is 449 g/mol. The first kappa shape index (κ1) is 21.8. The topological polar surface area (TPSA) is 97.7 Å². The van der Waals surface area contributed by atoms with Crippen molar-refractivity contribution in [1.29, 1.82) is 0 Å². The van der Waals surface area contributed by atoms with Gasteiger partial charge in [-0.1, -0.05) is 18.3 Å². The van der Waals surface area contributed by atoms with Gasteiger partial charge in [0.05, 0.1) is 29.3 Å². The molecule has 1 heterocycles. The zero-order chi connectivity index (χ0) is 22.1. The Bertz CT molecular complexity index is 1230. The first-order valence-electron chi connectivity index (χ1n) is 9.19. The van der Waals surface area contributed by atoms with Crippen molar-refractivity contribution in [2.75, 3.05) is 23.0 Å². The van der Waals surface area contributed by atoms with Gasteiger partial charge in [0.1, 0.15) is 11.8 Å². The molecule has 2 aromatic carbocycles. The Morgan fingerprint density at radius 1 is 1.23 bits per heavy atom. The molecule has 0 unspecified atom stereocenters. The largest absolute Gasteiger partial charge is 0.497 e. The Hall–Kier alpha value is -2.85. The highest BCUT2D eigenvalue weighted by Crippen LogP contribution is 2.26. The number of carbonyl (C=O) groups is 1. The summed E-state index contributed by atoms with van der Waals surface area (Å²) in [5.74, 6) is 0.126. The summed E-state index contributed by atoms with van der Waals surface area (Å²) < 4.78 is 33.6. The van der Waals surface area contributed by atoms with E-state index < -0.39 is 22.0 Å². The van der Waals surface area contributed by atoms with E-state index in [2.05, 4.69) is 5.32 Å². The van der Waals surface area contributed by atoms with Crippen LogP contribution < -0.4 is 19.2 Å². The second-order valence-electron chi connectivity index (χ2n) is 6.78. The van der Waals surface area contributed by atoms with Crippen LogP contribution in [0.15, 0.2) is 47.3 Å². The molecule has 0 bridgehead atoms. The quantitative estimate of drug-likeness (QED) is 0.598. The number of anilines is 2. The third-order valence-corrected chi connectivity index (χ3v) is 6.89. The molecule has 0 fully saturated rings. The number of hydrogen-bond acceptors (Lipinski definition) is 6. The summed E-state index contributed by atoms with van der Waals surface area (Å²) in [5.41, 5.74) is 1.64. The molecule has 0 saturated heterocycles. The van der Waals surface area contributed by atoms with Crippen molar-refractivity contribution in [2.45, 2.75) is 19.4 Å². The maximum Gasteiger partial charge on any atom is 0.307 e. The van der Waals surface area contributed by atoms with E-state index in [1.807, 2.05) is 0 Å². The standard InChI is InChI=1S/C20H23N3O5S2/c1-5-16(23(30(4,26)27)14-7-9-15(28-3)10-8-14)19(24)21-13-6-11-17-18(12-13)29-20(25)22(17)2/h6-12,16H,5H2,1-4H3,(H,21,24)/t16-/m0/s1. The number of ether oxygens (including phenoxy) is 1. The Balaban J connectivity index is 1.93. The summed E-state index contributed by atoms with van der Waals surface area (Å²) in [6, 6.07) is 10.7. The number of nitrogens with one attached hydrogen (secondary N) is 1. The van der Waals surface area contributed by atoms with Crippen molar-refractivity contribution in [2.24, 2.45) is 7.05 Å². The predicted octanol–water partition coefficient (Wildman–Crippen LogP) is 2.79. The van der Waals surface area contributed by atoms with E-state index in [9.17, 15) is 18.0 Å². The van der Waals surface area contributed by atoms with Crippen LogP contribution >= 0.6 is 11.3 Å². The molecule has 0 aliphatic rings. The molecule has 0 aliphatic carbocycles. The van der Waals surface area contributed by atoms with E-state index in [1.165, 1.54) is 11.7 Å². The molecule has 1 amide bonds. The fraction of sp³-hybridized carbons (Fsp3) is 0.300. The first-order valence-corrected chi connectivity index (χ1v) is 11.9. The average molecular weight is 450 g/mol. The Morgan fingerprint density at radius 2 is 1.90 bits per heavy atom. The van der Waals surface area contributed by atoms with E-state index >= 15 is 0 Å². The molecule has 30 heavy (non-hydrogen) atoms. The van der Waals surface area contributed by atoms with Crippen LogP contribution in [0.4, 0.5) is 11.4 Å². The number of aromatic nitrogens is 1. The number of methoxy groups -OCH3 is 1. The lowest BCUT2D eigenvalue weighted by atomic mass is 10.1. The van der Waals surface area contributed by atoms with Gasteiger partial charge in [0, 0.05) is 12.7 Å². The molecule has 0 aliphatic heterocycles. The number of rotatable bonds is 7. The van der Waals surface area contributed by atoms with Gasteiger partial charge in [-0.2, -0.15) is 0 Å². The van der Waals surface area contributed by atoms with Crippen LogP contribution in [0.3, 0.4) is 0 Å². The van der Waals surface area contributed by atoms with E-state index in [4.69, 9.17) is 4.74 Å². The molecule has 160 valence electrons. The summed E-state index contributed by atoms with van der Waals surface area (Å²) in [4.78, 5) is 24.8. The van der Waals surface area contributed by atoms with Crippen LogP contribution in [0.1, 0.15) is 13.3 Å². The fourth-order valence-electron chi connectivity index (χ4n) is 3.23. The first-order chi connectivity index (χ1) is 14.2. The second kappa shape index (κ2) is 8.49. The van der Waals surface area contributed by atoms with Crippen LogP contribution in [-0.4, -0.2) is 38.3 Å². The van der Waals surface area contributed by atoms with Gasteiger partial charge in [0.15, 0.2) is 0 Å². The third-order valence-electron chi connectivity index (χ3n) is 4.72. The summed E-state index contributed by atoms with van der Waals surface area (Å²) in [5, 5.41) is 2.78. The zero-order valence-corrected chi connectivity index (χ0v) is 18.7. The van der Waals surface area contributed by atoms with E-state index in [1.54, 1.807) is 56.4 Å². The minimum absolute atomic E-state index is 0.0948. The lowest BCUT2D eigenvalue weighted by molar-refractivity contribution is -0.117. The van der Waals surface area contributed by atoms with Crippen LogP contribution in [-0.2, 0) is 21.9 Å². The van der Waals surface area contributed by atoms with Gasteiger partial charge in [0.2, 0.25) is 15.9 Å². The number of fused-ring (bicyclic) bond motifs is 1. The van der Waals surface area contributed by atoms with Gasteiger partial charge in [-0.25, -0.2) is 8.42 Å². The second-order valence-corrected chi connectivity index (χ2v) is 9.63. The Kier molecular flexibility index (Phi) is 6.18. The van der Waals surface area contributed by atoms with Crippen molar-refractivity contribution in [1.82, 2.24) is 4.57 Å². The SMILES string of the molecule is CC[C@@H](C(=O)Nc1ccc2c(c1)sc(=O)n2C)N(c1ccc(OC)cc1)S(C)(=O)=O. The number of sulfonamides is 1. The maximum absolute atomic E-state index is 13.0. The molecule has 10 heteroatoms. The average Bonchev–Trinajstić information content (AvgIpc) is 2.98. The molecule has 1 aromatic heterocycles. The number of aryl methyl sites for hydroxylation is 1. The van der Waals surface area contributed by atoms with Crippen molar-refractivity contribution >= 4 is 48.9 Å². The molecular formula is C20H23N3O5S2. The minimum atomic E-state index is -3.73. The molecule has 3 rings (SSSR count). The van der Waals surface area contributed by atoms with Crippen LogP contribution in [0.2, 0.25) is 0 Å². The van der Waals surface area contributed by atoms with Crippen molar-refractivity contribution in [3.8, 4) is 5.75 Å². The normalized spacial score (nSPS) is 12.5. The van der Waals surface area contributed by atoms with Gasteiger partial charge in [-0.15, -0.1) is 0 Å². The Morgan fingerprint density at radius 3 is 2.47 bits per heavy atom. The molecule has 3 aromatic rings. The number of carbonyl (C=O) groups excluding carboxylic acids is 1. The highest BCUT2D eigenvalue weighted by Gasteiger charge is 2.31. The summed E-state index contributed by atoms with van der Waals surface area (Å²) in [6.45, 7) is 1.75. The smallest absolute Gasteiger partial charge is 0.307 e. The van der Waals surface area contributed by atoms with Crippen LogP contribution in [0.25, 0.3) is 10.2 Å². The van der Waals surface area contributed by atoms with Crippen LogP contribution in [0.5, 0.6) is 5.75 Å². The third kappa shape index (κ3) is 4.34.